The third-order valence-electron chi connectivity index (χ3n) is 4.06. The topological polar surface area (TPSA) is 43.8 Å². The molecule has 1 unspecified atom stereocenters. The second-order valence-electron chi connectivity index (χ2n) is 5.48. The van der Waals surface area contributed by atoms with E-state index in [-0.39, 0.29) is 11.4 Å². The number of fused-ring (bicyclic) bond motifs is 1. The van der Waals surface area contributed by atoms with E-state index < -0.39 is 0 Å². The highest BCUT2D eigenvalue weighted by molar-refractivity contribution is 5.39. The molecule has 1 aliphatic carbocycles. The van der Waals surface area contributed by atoms with Crippen LogP contribution in [0.2, 0.25) is 0 Å². The van der Waals surface area contributed by atoms with Crippen molar-refractivity contribution in [3.63, 3.8) is 0 Å². The smallest absolute Gasteiger partial charge is 0.123 e. The van der Waals surface area contributed by atoms with Crippen molar-refractivity contribution in [1.82, 2.24) is 9.78 Å². The Morgan fingerprint density at radius 1 is 1.47 bits per heavy atom. The molecule has 1 aliphatic rings. The molecule has 100 valence electrons. The van der Waals surface area contributed by atoms with Crippen LogP contribution in [0.3, 0.4) is 0 Å². The Morgan fingerprint density at radius 3 is 3.05 bits per heavy atom. The van der Waals surface area contributed by atoms with Crippen LogP contribution in [-0.4, -0.2) is 9.78 Å². The SMILES string of the molecule is Cn1cc(CCC2(N)CCc3cc(F)ccc32)cn1. The molecule has 1 heterocycles. The average molecular weight is 259 g/mol. The lowest BCUT2D eigenvalue weighted by atomic mass is 9.87. The molecule has 0 saturated heterocycles. The first-order valence-corrected chi connectivity index (χ1v) is 6.62. The zero-order valence-corrected chi connectivity index (χ0v) is 11.1. The number of hydrogen-bond acceptors (Lipinski definition) is 2. The molecule has 1 aromatic heterocycles. The molecule has 1 atom stereocenters. The van der Waals surface area contributed by atoms with E-state index in [9.17, 15) is 4.39 Å². The van der Waals surface area contributed by atoms with Crippen LogP contribution >= 0.6 is 0 Å². The van der Waals surface area contributed by atoms with Crippen molar-refractivity contribution in [2.24, 2.45) is 12.8 Å². The summed E-state index contributed by atoms with van der Waals surface area (Å²) in [6.45, 7) is 0. The first-order valence-electron chi connectivity index (χ1n) is 6.62. The number of halogens is 1. The van der Waals surface area contributed by atoms with Gasteiger partial charge in [0.15, 0.2) is 0 Å². The van der Waals surface area contributed by atoms with E-state index in [4.69, 9.17) is 5.73 Å². The maximum atomic E-state index is 13.2. The number of aromatic nitrogens is 2. The summed E-state index contributed by atoms with van der Waals surface area (Å²) in [5, 5.41) is 4.17. The van der Waals surface area contributed by atoms with Crippen molar-refractivity contribution in [3.8, 4) is 0 Å². The lowest BCUT2D eigenvalue weighted by molar-refractivity contribution is 0.407. The first-order chi connectivity index (χ1) is 9.07. The normalized spacial score (nSPS) is 21.6. The van der Waals surface area contributed by atoms with E-state index in [1.54, 1.807) is 10.7 Å². The van der Waals surface area contributed by atoms with Gasteiger partial charge in [-0.1, -0.05) is 6.07 Å². The first kappa shape index (κ1) is 12.4. The van der Waals surface area contributed by atoms with E-state index in [1.165, 1.54) is 11.6 Å². The maximum Gasteiger partial charge on any atom is 0.123 e. The van der Waals surface area contributed by atoms with Crippen LogP contribution < -0.4 is 5.73 Å². The van der Waals surface area contributed by atoms with Gasteiger partial charge in [-0.15, -0.1) is 0 Å². The molecule has 3 nitrogen and oxygen atoms in total. The number of benzene rings is 1. The Balaban J connectivity index is 1.78. The fraction of sp³-hybridized carbons (Fsp3) is 0.400. The van der Waals surface area contributed by atoms with Gasteiger partial charge in [0.2, 0.25) is 0 Å². The van der Waals surface area contributed by atoms with Crippen molar-refractivity contribution in [3.05, 3.63) is 53.1 Å². The predicted octanol–water partition coefficient (Wildman–Crippen LogP) is 2.29. The second-order valence-corrected chi connectivity index (χ2v) is 5.48. The summed E-state index contributed by atoms with van der Waals surface area (Å²) in [5.41, 5.74) is 9.57. The molecule has 0 aliphatic heterocycles. The van der Waals surface area contributed by atoms with Crippen LogP contribution in [0.25, 0.3) is 0 Å². The Kier molecular flexibility index (Phi) is 2.90. The third kappa shape index (κ3) is 2.28. The number of nitrogens with zero attached hydrogens (tertiary/aromatic N) is 2. The van der Waals surface area contributed by atoms with Crippen molar-refractivity contribution in [1.29, 1.82) is 0 Å². The quantitative estimate of drug-likeness (QED) is 0.919. The van der Waals surface area contributed by atoms with Crippen LogP contribution in [0.4, 0.5) is 4.39 Å². The zero-order valence-electron chi connectivity index (χ0n) is 11.1. The Labute approximate surface area is 112 Å². The number of rotatable bonds is 3. The van der Waals surface area contributed by atoms with Crippen molar-refractivity contribution >= 4 is 0 Å². The molecule has 19 heavy (non-hydrogen) atoms. The number of aryl methyl sites for hydroxylation is 3. The summed E-state index contributed by atoms with van der Waals surface area (Å²) >= 11 is 0. The van der Waals surface area contributed by atoms with Crippen molar-refractivity contribution < 1.29 is 4.39 Å². The minimum absolute atomic E-state index is 0.171. The largest absolute Gasteiger partial charge is 0.321 e. The predicted molar refractivity (Wildman–Crippen MR) is 72.1 cm³/mol. The molecule has 4 heteroatoms. The fourth-order valence-corrected chi connectivity index (χ4v) is 2.98. The van der Waals surface area contributed by atoms with Crippen LogP contribution in [0.15, 0.2) is 30.6 Å². The van der Waals surface area contributed by atoms with Gasteiger partial charge >= 0.3 is 0 Å². The van der Waals surface area contributed by atoms with Gasteiger partial charge in [0.25, 0.3) is 0 Å². The molecule has 2 N–H and O–H groups in total. The standard InChI is InChI=1S/C15H18FN3/c1-19-10-11(9-18-19)4-6-15(17)7-5-12-8-13(16)2-3-14(12)15/h2-3,8-10H,4-7,17H2,1H3. The Bertz CT molecular complexity index is 605. The van der Waals surface area contributed by atoms with Gasteiger partial charge in [0.1, 0.15) is 5.82 Å². The van der Waals surface area contributed by atoms with Gasteiger partial charge in [-0.05, 0) is 54.5 Å². The maximum absolute atomic E-state index is 13.2. The summed E-state index contributed by atoms with van der Waals surface area (Å²) in [4.78, 5) is 0. The molecule has 0 radical (unpaired) electrons. The van der Waals surface area contributed by atoms with Gasteiger partial charge in [0, 0.05) is 18.8 Å². The van der Waals surface area contributed by atoms with Gasteiger partial charge in [0.05, 0.1) is 6.20 Å². The minimum Gasteiger partial charge on any atom is -0.321 e. The number of nitrogens with two attached hydrogens (primary N) is 1. The van der Waals surface area contributed by atoms with Gasteiger partial charge in [-0.2, -0.15) is 5.10 Å². The van der Waals surface area contributed by atoms with Gasteiger partial charge in [-0.3, -0.25) is 4.68 Å². The molecule has 0 saturated carbocycles. The van der Waals surface area contributed by atoms with Crippen molar-refractivity contribution in [2.45, 2.75) is 31.2 Å². The highest BCUT2D eigenvalue weighted by Crippen LogP contribution is 2.38. The molecule has 0 amide bonds. The zero-order chi connectivity index (χ0) is 13.5. The van der Waals surface area contributed by atoms with Crippen LogP contribution in [0.5, 0.6) is 0 Å². The van der Waals surface area contributed by atoms with E-state index in [0.717, 1.165) is 36.8 Å². The lowest BCUT2D eigenvalue weighted by Gasteiger charge is -2.25. The fourth-order valence-electron chi connectivity index (χ4n) is 2.98. The second kappa shape index (κ2) is 4.46. The van der Waals surface area contributed by atoms with Crippen LogP contribution in [0, 0.1) is 5.82 Å². The summed E-state index contributed by atoms with van der Waals surface area (Å²) in [6, 6.07) is 4.98. The van der Waals surface area contributed by atoms with Crippen molar-refractivity contribution in [2.75, 3.05) is 0 Å². The summed E-state index contributed by atoms with van der Waals surface area (Å²) in [7, 11) is 1.91. The molecule has 1 aromatic carbocycles. The van der Waals surface area contributed by atoms with Gasteiger partial charge in [-0.25, -0.2) is 4.39 Å². The highest BCUT2D eigenvalue weighted by Gasteiger charge is 2.34. The average Bonchev–Trinajstić information content (AvgIpc) is 2.92. The van der Waals surface area contributed by atoms with Crippen LogP contribution in [-0.2, 0) is 25.4 Å². The summed E-state index contributed by atoms with van der Waals surface area (Å²) in [5.74, 6) is -0.171. The highest BCUT2D eigenvalue weighted by atomic mass is 19.1. The van der Waals surface area contributed by atoms with E-state index >= 15 is 0 Å². The minimum atomic E-state index is -0.321. The molecule has 0 spiro atoms. The monoisotopic (exact) mass is 259 g/mol. The molecular formula is C15H18FN3. The molecule has 0 bridgehead atoms. The van der Waals surface area contributed by atoms with E-state index in [2.05, 4.69) is 5.10 Å². The van der Waals surface area contributed by atoms with E-state index in [0.29, 0.717) is 0 Å². The Morgan fingerprint density at radius 2 is 2.32 bits per heavy atom. The molecule has 0 fully saturated rings. The lowest BCUT2D eigenvalue weighted by Crippen LogP contribution is -2.34. The van der Waals surface area contributed by atoms with E-state index in [1.807, 2.05) is 25.5 Å². The summed E-state index contributed by atoms with van der Waals surface area (Å²) in [6.07, 6.45) is 7.44. The van der Waals surface area contributed by atoms with Crippen LogP contribution in [0.1, 0.15) is 29.5 Å². The number of hydrogen-bond donors (Lipinski definition) is 1. The Hall–Kier alpha value is -1.68. The third-order valence-corrected chi connectivity index (χ3v) is 4.06. The summed E-state index contributed by atoms with van der Waals surface area (Å²) < 4.78 is 15.0. The molecule has 2 aromatic rings. The molecule has 3 rings (SSSR count). The van der Waals surface area contributed by atoms with Gasteiger partial charge < -0.3 is 5.73 Å². The molecular weight excluding hydrogens is 241 g/mol.